The van der Waals surface area contributed by atoms with Crippen molar-refractivity contribution in [1.29, 1.82) is 5.26 Å². The van der Waals surface area contributed by atoms with E-state index in [1.807, 2.05) is 4.98 Å². The number of alkyl halides is 2. The summed E-state index contributed by atoms with van der Waals surface area (Å²) in [5.41, 5.74) is -2.61. The predicted molar refractivity (Wildman–Crippen MR) is 38.4 cm³/mol. The van der Waals surface area contributed by atoms with Gasteiger partial charge in [-0.15, -0.1) is 0 Å². The zero-order valence-electron chi connectivity index (χ0n) is 6.21. The van der Waals surface area contributed by atoms with Crippen molar-refractivity contribution in [1.82, 2.24) is 4.98 Å². The normalized spacial score (nSPS) is 10.0. The number of aromatic amines is 1. The van der Waals surface area contributed by atoms with Crippen LogP contribution in [0.25, 0.3) is 0 Å². The first-order valence-electron chi connectivity index (χ1n) is 3.20. The molecule has 0 spiro atoms. The molecule has 0 unspecified atom stereocenters. The smallest absolute Gasteiger partial charge is 0.279 e. The average Bonchev–Trinajstić information content (AvgIpc) is 2.09. The summed E-state index contributed by atoms with van der Waals surface area (Å²) in [6.07, 6.45) is -2.21. The molecule has 0 fully saturated rings. The van der Waals surface area contributed by atoms with Crippen molar-refractivity contribution in [3.8, 4) is 11.8 Å². The van der Waals surface area contributed by atoms with Crippen LogP contribution in [0, 0.1) is 11.3 Å². The molecular weight excluding hydrogens is 182 g/mol. The van der Waals surface area contributed by atoms with E-state index in [1.54, 1.807) is 0 Å². The Bertz CT molecular complexity index is 419. The van der Waals surface area contributed by atoms with Crippen LogP contribution in [0.1, 0.15) is 17.7 Å². The summed E-state index contributed by atoms with van der Waals surface area (Å²) in [7, 11) is 0. The molecule has 1 heterocycles. The van der Waals surface area contributed by atoms with E-state index < -0.39 is 28.9 Å². The van der Waals surface area contributed by atoms with E-state index in [9.17, 15) is 13.6 Å². The van der Waals surface area contributed by atoms with E-state index in [2.05, 4.69) is 0 Å². The van der Waals surface area contributed by atoms with Gasteiger partial charge in [0.1, 0.15) is 17.3 Å². The summed E-state index contributed by atoms with van der Waals surface area (Å²) in [4.78, 5) is 12.9. The maximum Gasteiger partial charge on any atom is 0.279 e. The van der Waals surface area contributed by atoms with Crippen LogP contribution in [0.5, 0.6) is 5.75 Å². The molecule has 13 heavy (non-hydrogen) atoms. The Labute approximate surface area is 71.1 Å². The minimum absolute atomic E-state index is 0.727. The molecule has 1 aromatic rings. The molecule has 2 N–H and O–H groups in total. The quantitative estimate of drug-likeness (QED) is 0.683. The Morgan fingerprint density at radius 1 is 1.62 bits per heavy atom. The lowest BCUT2D eigenvalue weighted by atomic mass is 10.2. The number of halogens is 2. The molecule has 4 nitrogen and oxygen atoms in total. The number of aromatic hydroxyl groups is 1. The summed E-state index contributed by atoms with van der Waals surface area (Å²) in [6, 6.07) is 1.30. The third-order valence-electron chi connectivity index (χ3n) is 1.42. The summed E-state index contributed by atoms with van der Waals surface area (Å²) in [5.74, 6) is -0.749. The fourth-order valence-electron chi connectivity index (χ4n) is 0.817. The van der Waals surface area contributed by atoms with Crippen LogP contribution in [-0.2, 0) is 0 Å². The van der Waals surface area contributed by atoms with Crippen molar-refractivity contribution in [2.24, 2.45) is 0 Å². The van der Waals surface area contributed by atoms with Gasteiger partial charge in [-0.1, -0.05) is 0 Å². The number of hydrogen-bond donors (Lipinski definition) is 2. The maximum absolute atomic E-state index is 12.1. The fraction of sp³-hybridized carbons (Fsp3) is 0.143. The lowest BCUT2D eigenvalue weighted by molar-refractivity contribution is 0.145. The lowest BCUT2D eigenvalue weighted by Crippen LogP contribution is -2.11. The summed E-state index contributed by atoms with van der Waals surface area (Å²) < 4.78 is 24.2. The Hall–Kier alpha value is -1.90. The molecule has 0 atom stereocenters. The van der Waals surface area contributed by atoms with E-state index in [1.165, 1.54) is 6.07 Å². The average molecular weight is 186 g/mol. The van der Waals surface area contributed by atoms with Crippen LogP contribution in [0.3, 0.4) is 0 Å². The van der Waals surface area contributed by atoms with Gasteiger partial charge >= 0.3 is 0 Å². The van der Waals surface area contributed by atoms with Gasteiger partial charge in [-0.25, -0.2) is 8.78 Å². The Kier molecular flexibility index (Phi) is 2.28. The molecule has 1 rings (SSSR count). The van der Waals surface area contributed by atoms with Gasteiger partial charge in [0.05, 0.1) is 0 Å². The van der Waals surface area contributed by atoms with Gasteiger partial charge in [-0.2, -0.15) is 5.26 Å². The topological polar surface area (TPSA) is 76.9 Å². The third-order valence-corrected chi connectivity index (χ3v) is 1.42. The minimum Gasteiger partial charge on any atom is -0.503 e. The molecule has 0 aromatic carbocycles. The highest BCUT2D eigenvalue weighted by molar-refractivity contribution is 5.38. The van der Waals surface area contributed by atoms with E-state index in [4.69, 9.17) is 10.4 Å². The van der Waals surface area contributed by atoms with Gasteiger partial charge in [-0.05, 0) is 0 Å². The number of H-pyrrole nitrogens is 1. The Morgan fingerprint density at radius 3 is 2.69 bits per heavy atom. The zero-order valence-corrected chi connectivity index (χ0v) is 6.21. The summed E-state index contributed by atoms with van der Waals surface area (Å²) >= 11 is 0. The van der Waals surface area contributed by atoms with Crippen molar-refractivity contribution in [2.45, 2.75) is 6.43 Å². The number of nitriles is 1. The van der Waals surface area contributed by atoms with E-state index in [-0.39, 0.29) is 0 Å². The Morgan fingerprint density at radius 2 is 2.23 bits per heavy atom. The molecule has 0 radical (unpaired) electrons. The Balaban J connectivity index is 3.51. The number of hydrogen-bond acceptors (Lipinski definition) is 3. The second-order valence-electron chi connectivity index (χ2n) is 2.20. The van der Waals surface area contributed by atoms with Crippen LogP contribution < -0.4 is 5.43 Å². The third kappa shape index (κ3) is 1.49. The van der Waals surface area contributed by atoms with Crippen molar-refractivity contribution in [3.05, 3.63) is 27.7 Å². The second-order valence-corrected chi connectivity index (χ2v) is 2.20. The monoisotopic (exact) mass is 186 g/mol. The summed E-state index contributed by atoms with van der Waals surface area (Å²) in [5, 5.41) is 17.2. The van der Waals surface area contributed by atoms with E-state index in [0.29, 0.717) is 0 Å². The molecule has 0 aliphatic carbocycles. The maximum atomic E-state index is 12.1. The van der Waals surface area contributed by atoms with Gasteiger partial charge in [0.25, 0.3) is 6.43 Å². The van der Waals surface area contributed by atoms with Crippen molar-refractivity contribution in [3.63, 3.8) is 0 Å². The molecule has 68 valence electrons. The fourth-order valence-corrected chi connectivity index (χ4v) is 0.817. The van der Waals surface area contributed by atoms with Crippen LogP contribution in [0.15, 0.2) is 11.0 Å². The molecule has 0 aliphatic rings. The predicted octanol–water partition coefficient (Wildman–Crippen LogP) is 0.890. The van der Waals surface area contributed by atoms with Gasteiger partial charge in [0.15, 0.2) is 5.75 Å². The lowest BCUT2D eigenvalue weighted by Gasteiger charge is -2.01. The molecular formula is C7H4F2N2O2. The molecule has 0 aliphatic heterocycles. The number of pyridine rings is 1. The van der Waals surface area contributed by atoms with Gasteiger partial charge in [0.2, 0.25) is 5.43 Å². The minimum atomic E-state index is -2.94. The largest absolute Gasteiger partial charge is 0.503 e. The first-order valence-corrected chi connectivity index (χ1v) is 3.20. The summed E-state index contributed by atoms with van der Waals surface area (Å²) in [6.45, 7) is 0. The van der Waals surface area contributed by atoms with Crippen molar-refractivity contribution in [2.75, 3.05) is 0 Å². The van der Waals surface area contributed by atoms with Crippen LogP contribution in [-0.4, -0.2) is 10.1 Å². The highest BCUT2D eigenvalue weighted by atomic mass is 19.3. The standard InChI is InChI=1S/C7H4F2N2O2/c8-7(9)5-3(1-10)6(13)4(12)2-11-5/h2,7,12H,(H,11,13). The van der Waals surface area contributed by atoms with Gasteiger partial charge in [0, 0.05) is 6.20 Å². The van der Waals surface area contributed by atoms with E-state index in [0.717, 1.165) is 6.20 Å². The molecule has 0 bridgehead atoms. The molecule has 1 aromatic heterocycles. The van der Waals surface area contributed by atoms with Crippen molar-refractivity contribution < 1.29 is 13.9 Å². The van der Waals surface area contributed by atoms with Crippen LogP contribution in [0.2, 0.25) is 0 Å². The zero-order chi connectivity index (χ0) is 10.0. The first-order chi connectivity index (χ1) is 6.07. The van der Waals surface area contributed by atoms with Crippen LogP contribution >= 0.6 is 0 Å². The first kappa shape index (κ1) is 9.19. The molecule has 0 saturated carbocycles. The molecule has 6 heteroatoms. The number of aromatic nitrogens is 1. The van der Waals surface area contributed by atoms with E-state index >= 15 is 0 Å². The van der Waals surface area contributed by atoms with Crippen molar-refractivity contribution >= 4 is 0 Å². The highest BCUT2D eigenvalue weighted by Gasteiger charge is 2.17. The molecule has 0 amide bonds. The second kappa shape index (κ2) is 3.23. The SMILES string of the molecule is N#Cc1c(C(F)F)[nH]cc(O)c1=O. The number of rotatable bonds is 1. The van der Waals surface area contributed by atoms with Gasteiger partial charge < -0.3 is 10.1 Å². The van der Waals surface area contributed by atoms with Gasteiger partial charge in [-0.3, -0.25) is 4.79 Å². The number of nitrogens with zero attached hydrogens (tertiary/aromatic N) is 1. The van der Waals surface area contributed by atoms with Crippen LogP contribution in [0.4, 0.5) is 8.78 Å². The number of nitrogens with one attached hydrogen (secondary N) is 1. The molecule has 0 saturated heterocycles. The highest BCUT2D eigenvalue weighted by Crippen LogP contribution is 2.18.